The highest BCUT2D eigenvalue weighted by Gasteiger charge is 2.10. The van der Waals surface area contributed by atoms with Gasteiger partial charge in [0.2, 0.25) is 0 Å². The van der Waals surface area contributed by atoms with E-state index in [-0.39, 0.29) is 12.3 Å². The molecule has 0 aliphatic heterocycles. The van der Waals surface area contributed by atoms with Gasteiger partial charge in [-0.05, 0) is 19.1 Å². The fourth-order valence-electron chi connectivity index (χ4n) is 1.78. The molecule has 7 heteroatoms. The van der Waals surface area contributed by atoms with Crippen LogP contribution in [0.25, 0.3) is 0 Å². The number of carbonyl (C=O) groups excluding carboxylic acids is 1. The Balaban J connectivity index is 1.87. The number of hydrazone groups is 1. The Kier molecular flexibility index (Phi) is 5.40. The van der Waals surface area contributed by atoms with Crippen LogP contribution in [0.4, 0.5) is 5.69 Å². The van der Waals surface area contributed by atoms with Gasteiger partial charge in [-0.3, -0.25) is 14.9 Å². The van der Waals surface area contributed by atoms with Gasteiger partial charge in [0.25, 0.3) is 11.6 Å². The number of para-hydroxylation sites is 1. The maximum absolute atomic E-state index is 11.6. The maximum atomic E-state index is 11.6. The number of ether oxygens (including phenoxy) is 1. The molecule has 0 unspecified atom stereocenters. The predicted molar refractivity (Wildman–Crippen MR) is 85.5 cm³/mol. The number of aryl methyl sites for hydroxylation is 1. The fraction of sp³-hybridized carbons (Fsp3) is 0.125. The van der Waals surface area contributed by atoms with Crippen molar-refractivity contribution in [3.63, 3.8) is 0 Å². The Morgan fingerprint density at radius 1 is 1.30 bits per heavy atom. The summed E-state index contributed by atoms with van der Waals surface area (Å²) in [4.78, 5) is 22.0. The third-order valence-electron chi connectivity index (χ3n) is 2.95. The van der Waals surface area contributed by atoms with Crippen molar-refractivity contribution in [2.75, 3.05) is 6.61 Å². The number of hydrogen-bond acceptors (Lipinski definition) is 5. The van der Waals surface area contributed by atoms with Crippen molar-refractivity contribution in [1.29, 1.82) is 0 Å². The molecule has 2 aromatic rings. The van der Waals surface area contributed by atoms with Gasteiger partial charge in [-0.2, -0.15) is 5.10 Å². The minimum absolute atomic E-state index is 0.00712. The van der Waals surface area contributed by atoms with Crippen LogP contribution in [-0.2, 0) is 4.79 Å². The minimum Gasteiger partial charge on any atom is -0.484 e. The average Bonchev–Trinajstić information content (AvgIpc) is 2.55. The van der Waals surface area contributed by atoms with Crippen LogP contribution >= 0.6 is 0 Å². The van der Waals surface area contributed by atoms with Gasteiger partial charge >= 0.3 is 0 Å². The molecule has 0 radical (unpaired) electrons. The third kappa shape index (κ3) is 4.92. The number of nitrogens with zero attached hydrogens (tertiary/aromatic N) is 2. The van der Waals surface area contributed by atoms with Crippen LogP contribution in [0.1, 0.15) is 11.1 Å². The van der Waals surface area contributed by atoms with Crippen LogP contribution in [0.5, 0.6) is 5.75 Å². The Bertz CT molecular complexity index is 729. The molecule has 2 aromatic carbocycles. The van der Waals surface area contributed by atoms with Gasteiger partial charge in [-0.25, -0.2) is 5.43 Å². The molecule has 0 saturated heterocycles. The van der Waals surface area contributed by atoms with Crippen LogP contribution in [0.15, 0.2) is 53.6 Å². The quantitative estimate of drug-likeness (QED) is 0.503. The average molecular weight is 313 g/mol. The van der Waals surface area contributed by atoms with Gasteiger partial charge in [0.1, 0.15) is 5.75 Å². The lowest BCUT2D eigenvalue weighted by atomic mass is 10.1. The highest BCUT2D eigenvalue weighted by molar-refractivity contribution is 5.83. The Hall–Kier alpha value is -3.22. The maximum Gasteiger partial charge on any atom is 0.277 e. The molecule has 0 atom stereocenters. The van der Waals surface area contributed by atoms with Gasteiger partial charge in [0, 0.05) is 17.2 Å². The largest absolute Gasteiger partial charge is 0.484 e. The molecule has 0 saturated carbocycles. The number of benzene rings is 2. The van der Waals surface area contributed by atoms with E-state index in [4.69, 9.17) is 4.74 Å². The molecule has 0 aliphatic carbocycles. The second kappa shape index (κ2) is 7.69. The molecular formula is C16H15N3O4. The Morgan fingerprint density at radius 3 is 2.74 bits per heavy atom. The molecule has 0 aliphatic rings. The van der Waals surface area contributed by atoms with Gasteiger partial charge in [0.15, 0.2) is 6.61 Å². The molecule has 0 spiro atoms. The Labute approximate surface area is 132 Å². The summed E-state index contributed by atoms with van der Waals surface area (Å²) in [5, 5.41) is 14.6. The van der Waals surface area contributed by atoms with Crippen molar-refractivity contribution in [2.45, 2.75) is 6.92 Å². The number of amides is 1. The summed E-state index contributed by atoms with van der Waals surface area (Å²) >= 11 is 0. The first kappa shape index (κ1) is 16.2. The van der Waals surface area contributed by atoms with E-state index in [0.717, 1.165) is 0 Å². The van der Waals surface area contributed by atoms with Crippen LogP contribution in [0.3, 0.4) is 0 Å². The van der Waals surface area contributed by atoms with Crippen molar-refractivity contribution in [2.24, 2.45) is 5.10 Å². The van der Waals surface area contributed by atoms with Crippen LogP contribution in [0, 0.1) is 17.0 Å². The summed E-state index contributed by atoms with van der Waals surface area (Å²) in [7, 11) is 0. The zero-order valence-corrected chi connectivity index (χ0v) is 12.4. The summed E-state index contributed by atoms with van der Waals surface area (Å²) in [5.74, 6) is 0.160. The molecule has 7 nitrogen and oxygen atoms in total. The first-order chi connectivity index (χ1) is 11.1. The predicted octanol–water partition coefficient (Wildman–Crippen LogP) is 2.43. The lowest BCUT2D eigenvalue weighted by Gasteiger charge is -2.04. The first-order valence-corrected chi connectivity index (χ1v) is 6.81. The second-order valence-corrected chi connectivity index (χ2v) is 4.70. The summed E-state index contributed by atoms with van der Waals surface area (Å²) in [6.45, 7) is 1.48. The molecule has 0 fully saturated rings. The van der Waals surface area contributed by atoms with E-state index < -0.39 is 10.8 Å². The number of hydrogen-bond donors (Lipinski definition) is 1. The van der Waals surface area contributed by atoms with Gasteiger partial charge in [-0.15, -0.1) is 0 Å². The standard InChI is InChI=1S/C16H15N3O4/c1-12-7-8-13(9-15(12)19(21)22)10-17-18-16(20)11-23-14-5-3-2-4-6-14/h2-10H,11H2,1H3,(H,18,20)/b17-10-. The molecule has 1 amide bonds. The van der Waals surface area contributed by atoms with E-state index in [1.54, 1.807) is 43.3 Å². The second-order valence-electron chi connectivity index (χ2n) is 4.70. The molecule has 23 heavy (non-hydrogen) atoms. The number of nitro benzene ring substituents is 1. The van der Waals surface area contributed by atoms with E-state index in [1.807, 2.05) is 6.07 Å². The summed E-state index contributed by atoms with van der Waals surface area (Å²) in [6, 6.07) is 13.6. The van der Waals surface area contributed by atoms with E-state index in [9.17, 15) is 14.9 Å². The molecular weight excluding hydrogens is 298 g/mol. The molecule has 2 rings (SSSR count). The highest BCUT2D eigenvalue weighted by Crippen LogP contribution is 2.18. The summed E-state index contributed by atoms with van der Waals surface area (Å²) in [6.07, 6.45) is 1.34. The van der Waals surface area contributed by atoms with Gasteiger partial charge in [-0.1, -0.05) is 30.3 Å². The molecule has 118 valence electrons. The van der Waals surface area contributed by atoms with Crippen molar-refractivity contribution >= 4 is 17.8 Å². The van der Waals surface area contributed by atoms with E-state index >= 15 is 0 Å². The molecule has 0 heterocycles. The zero-order valence-electron chi connectivity index (χ0n) is 12.4. The van der Waals surface area contributed by atoms with E-state index in [1.165, 1.54) is 12.3 Å². The van der Waals surface area contributed by atoms with Crippen LogP contribution in [-0.4, -0.2) is 23.7 Å². The van der Waals surface area contributed by atoms with E-state index in [0.29, 0.717) is 16.9 Å². The van der Waals surface area contributed by atoms with Gasteiger partial charge < -0.3 is 4.74 Å². The van der Waals surface area contributed by atoms with Crippen molar-refractivity contribution in [3.8, 4) is 5.75 Å². The minimum atomic E-state index is -0.459. The molecule has 0 aromatic heterocycles. The fourth-order valence-corrected chi connectivity index (χ4v) is 1.78. The molecule has 1 N–H and O–H groups in total. The van der Waals surface area contributed by atoms with Gasteiger partial charge in [0.05, 0.1) is 11.1 Å². The van der Waals surface area contributed by atoms with Crippen LogP contribution < -0.4 is 10.2 Å². The topological polar surface area (TPSA) is 93.8 Å². The number of nitro groups is 1. The summed E-state index contributed by atoms with van der Waals surface area (Å²) < 4.78 is 5.26. The normalized spacial score (nSPS) is 10.5. The third-order valence-corrected chi connectivity index (χ3v) is 2.95. The smallest absolute Gasteiger partial charge is 0.277 e. The van der Waals surface area contributed by atoms with E-state index in [2.05, 4.69) is 10.5 Å². The van der Waals surface area contributed by atoms with Crippen molar-refractivity contribution < 1.29 is 14.5 Å². The number of rotatable bonds is 6. The molecule has 0 bridgehead atoms. The van der Waals surface area contributed by atoms with Crippen molar-refractivity contribution in [3.05, 3.63) is 69.8 Å². The summed E-state index contributed by atoms with van der Waals surface area (Å²) in [5.41, 5.74) is 3.39. The van der Waals surface area contributed by atoms with Crippen LogP contribution in [0.2, 0.25) is 0 Å². The zero-order chi connectivity index (χ0) is 16.7. The lowest BCUT2D eigenvalue weighted by Crippen LogP contribution is -2.24. The monoisotopic (exact) mass is 313 g/mol. The lowest BCUT2D eigenvalue weighted by molar-refractivity contribution is -0.385. The first-order valence-electron chi connectivity index (χ1n) is 6.81. The number of carbonyl (C=O) groups is 1. The Morgan fingerprint density at radius 2 is 2.04 bits per heavy atom. The number of nitrogens with one attached hydrogen (secondary N) is 1. The van der Waals surface area contributed by atoms with Crippen molar-refractivity contribution in [1.82, 2.24) is 5.43 Å². The highest BCUT2D eigenvalue weighted by atomic mass is 16.6. The SMILES string of the molecule is Cc1ccc(/C=N\NC(=O)COc2ccccc2)cc1[N+](=O)[O-].